The van der Waals surface area contributed by atoms with E-state index in [1.165, 1.54) is 51.4 Å². The second kappa shape index (κ2) is 4.73. The molecule has 120 valence electrons. The topological polar surface area (TPSA) is 20.2 Å². The van der Waals surface area contributed by atoms with Crippen LogP contribution in [0.2, 0.25) is 0 Å². The Balaban J connectivity index is 1.62. The number of hydrogen-bond donors (Lipinski definition) is 1. The highest BCUT2D eigenvalue weighted by Gasteiger charge is 2.59. The van der Waals surface area contributed by atoms with Gasteiger partial charge in [-0.3, -0.25) is 0 Å². The van der Waals surface area contributed by atoms with Crippen molar-refractivity contribution in [2.75, 3.05) is 0 Å². The molecule has 8 atom stereocenters. The third-order valence-corrected chi connectivity index (χ3v) is 8.88. The van der Waals surface area contributed by atoms with Crippen LogP contribution >= 0.6 is 0 Å². The lowest BCUT2D eigenvalue weighted by Crippen LogP contribution is -2.53. The van der Waals surface area contributed by atoms with Crippen LogP contribution in [-0.2, 0) is 0 Å². The van der Waals surface area contributed by atoms with Crippen LogP contribution in [0.15, 0.2) is 0 Å². The monoisotopic (exact) mass is 290 g/mol. The van der Waals surface area contributed by atoms with Gasteiger partial charge < -0.3 is 5.11 Å². The van der Waals surface area contributed by atoms with E-state index in [1.807, 2.05) is 0 Å². The Labute approximate surface area is 130 Å². The van der Waals surface area contributed by atoms with E-state index in [0.29, 0.717) is 5.41 Å². The first-order valence-corrected chi connectivity index (χ1v) is 9.63. The first kappa shape index (κ1) is 14.5. The summed E-state index contributed by atoms with van der Waals surface area (Å²) in [5.74, 6) is 4.67. The van der Waals surface area contributed by atoms with Gasteiger partial charge >= 0.3 is 0 Å². The summed E-state index contributed by atoms with van der Waals surface area (Å²) in [4.78, 5) is 0. The van der Waals surface area contributed by atoms with E-state index in [-0.39, 0.29) is 11.5 Å². The highest BCUT2D eigenvalue weighted by atomic mass is 16.3. The number of aliphatic hydroxyl groups excluding tert-OH is 1. The second-order valence-corrected chi connectivity index (χ2v) is 9.67. The zero-order chi connectivity index (χ0) is 14.8. The van der Waals surface area contributed by atoms with Gasteiger partial charge in [0.05, 0.1) is 6.10 Å². The molecule has 4 rings (SSSR count). The molecule has 0 aromatic heterocycles. The molecule has 0 radical (unpaired) electrons. The van der Waals surface area contributed by atoms with Crippen molar-refractivity contribution < 1.29 is 5.11 Å². The zero-order valence-corrected chi connectivity index (χ0v) is 14.3. The van der Waals surface area contributed by atoms with Crippen molar-refractivity contribution in [3.05, 3.63) is 0 Å². The molecule has 1 N–H and O–H groups in total. The van der Waals surface area contributed by atoms with Gasteiger partial charge in [0.1, 0.15) is 0 Å². The summed E-state index contributed by atoms with van der Waals surface area (Å²) in [5.41, 5.74) is 0.886. The summed E-state index contributed by atoms with van der Waals surface area (Å²) >= 11 is 0. The molecule has 0 heterocycles. The van der Waals surface area contributed by atoms with Crippen molar-refractivity contribution in [2.24, 2.45) is 40.4 Å². The third kappa shape index (κ3) is 1.92. The largest absolute Gasteiger partial charge is 0.393 e. The Morgan fingerprint density at radius 1 is 0.810 bits per heavy atom. The van der Waals surface area contributed by atoms with Gasteiger partial charge in [0, 0.05) is 0 Å². The minimum absolute atomic E-state index is 0.0136. The van der Waals surface area contributed by atoms with E-state index in [4.69, 9.17) is 0 Å². The number of aliphatic hydroxyl groups is 1. The van der Waals surface area contributed by atoms with Crippen LogP contribution in [0.5, 0.6) is 0 Å². The zero-order valence-electron chi connectivity index (χ0n) is 14.3. The normalized spacial score (nSPS) is 60.0. The van der Waals surface area contributed by atoms with Gasteiger partial charge in [-0.1, -0.05) is 27.2 Å². The average molecular weight is 290 g/mol. The van der Waals surface area contributed by atoms with Crippen molar-refractivity contribution in [2.45, 2.75) is 84.7 Å². The molecular formula is C20H34O. The molecular weight excluding hydrogens is 256 g/mol. The number of fused-ring (bicyclic) bond motifs is 5. The summed E-state index contributed by atoms with van der Waals surface area (Å²) in [6.45, 7) is 7.52. The molecule has 21 heavy (non-hydrogen) atoms. The fourth-order valence-corrected chi connectivity index (χ4v) is 7.44. The predicted octanol–water partition coefficient (Wildman–Crippen LogP) is 5.03. The van der Waals surface area contributed by atoms with Crippen LogP contribution in [0.4, 0.5) is 0 Å². The summed E-state index contributed by atoms with van der Waals surface area (Å²) in [7, 11) is 0. The van der Waals surface area contributed by atoms with Crippen molar-refractivity contribution in [1.82, 2.24) is 0 Å². The summed E-state index contributed by atoms with van der Waals surface area (Å²) in [6, 6.07) is 0. The maximum Gasteiger partial charge on any atom is 0.0596 e. The molecule has 4 aliphatic carbocycles. The first-order chi connectivity index (χ1) is 9.95. The summed E-state index contributed by atoms with van der Waals surface area (Å²) in [6.07, 6.45) is 12.4. The highest BCUT2D eigenvalue weighted by Crippen LogP contribution is 2.66. The van der Waals surface area contributed by atoms with E-state index in [2.05, 4.69) is 20.8 Å². The fraction of sp³-hybridized carbons (Fsp3) is 1.00. The Kier molecular flexibility index (Phi) is 3.27. The van der Waals surface area contributed by atoms with E-state index >= 15 is 0 Å². The molecule has 0 aromatic rings. The van der Waals surface area contributed by atoms with Crippen LogP contribution in [0.3, 0.4) is 0 Å². The number of rotatable bonds is 0. The van der Waals surface area contributed by atoms with Crippen LogP contribution in [0, 0.1) is 40.4 Å². The number of hydrogen-bond acceptors (Lipinski definition) is 1. The van der Waals surface area contributed by atoms with Crippen molar-refractivity contribution >= 4 is 0 Å². The average Bonchev–Trinajstić information content (AvgIpc) is 2.76. The van der Waals surface area contributed by atoms with E-state index in [1.54, 1.807) is 0 Å². The Hall–Kier alpha value is -0.0400. The lowest BCUT2D eigenvalue weighted by atomic mass is 9.44. The fourth-order valence-electron chi connectivity index (χ4n) is 7.44. The van der Waals surface area contributed by atoms with Crippen LogP contribution in [-0.4, -0.2) is 11.2 Å². The predicted molar refractivity (Wildman–Crippen MR) is 86.9 cm³/mol. The molecule has 0 bridgehead atoms. The molecule has 4 aliphatic rings. The van der Waals surface area contributed by atoms with Crippen LogP contribution < -0.4 is 0 Å². The standard InChI is InChI=1S/C20H34O/c1-13-8-10-19(2)14(12-13)4-5-15-16-6-7-18(21)20(16,3)11-9-17(15)19/h13-18,21H,4-12H2,1-3H3/t13?,14?,15?,16?,17?,18?,19-,20-/m0/s1. The van der Waals surface area contributed by atoms with E-state index in [9.17, 15) is 5.11 Å². The summed E-state index contributed by atoms with van der Waals surface area (Å²) < 4.78 is 0. The SMILES string of the molecule is CC1CC[C@@]2(C)C(CCC3C2CC[C@]2(C)C(O)CCC32)C1. The Bertz CT molecular complexity index is 418. The molecule has 0 spiro atoms. The van der Waals surface area contributed by atoms with Gasteiger partial charge in [0.2, 0.25) is 0 Å². The minimum Gasteiger partial charge on any atom is -0.393 e. The molecule has 0 amide bonds. The first-order valence-electron chi connectivity index (χ1n) is 9.63. The smallest absolute Gasteiger partial charge is 0.0596 e. The second-order valence-electron chi connectivity index (χ2n) is 9.67. The minimum atomic E-state index is -0.0136. The third-order valence-electron chi connectivity index (χ3n) is 8.88. The Morgan fingerprint density at radius 2 is 1.52 bits per heavy atom. The van der Waals surface area contributed by atoms with E-state index in [0.717, 1.165) is 36.0 Å². The van der Waals surface area contributed by atoms with Gasteiger partial charge in [-0.2, -0.15) is 0 Å². The molecule has 1 nitrogen and oxygen atoms in total. The van der Waals surface area contributed by atoms with Crippen LogP contribution in [0.25, 0.3) is 0 Å². The molecule has 0 aromatic carbocycles. The molecule has 4 fully saturated rings. The van der Waals surface area contributed by atoms with Gasteiger partial charge in [-0.05, 0) is 91.8 Å². The van der Waals surface area contributed by atoms with Gasteiger partial charge in [0.15, 0.2) is 0 Å². The summed E-state index contributed by atoms with van der Waals surface area (Å²) in [5, 5.41) is 10.5. The maximum atomic E-state index is 10.5. The lowest BCUT2D eigenvalue weighted by Gasteiger charge is -2.60. The Morgan fingerprint density at radius 3 is 2.33 bits per heavy atom. The highest BCUT2D eigenvalue weighted by molar-refractivity contribution is 5.09. The molecule has 0 saturated heterocycles. The maximum absolute atomic E-state index is 10.5. The molecule has 1 heteroatoms. The molecule has 4 saturated carbocycles. The van der Waals surface area contributed by atoms with Gasteiger partial charge in [0.25, 0.3) is 0 Å². The lowest BCUT2D eigenvalue weighted by molar-refractivity contribution is -0.125. The molecule has 0 aliphatic heterocycles. The van der Waals surface area contributed by atoms with Crippen LogP contribution in [0.1, 0.15) is 78.6 Å². The van der Waals surface area contributed by atoms with Crippen molar-refractivity contribution in [3.63, 3.8) is 0 Å². The van der Waals surface area contributed by atoms with E-state index < -0.39 is 0 Å². The van der Waals surface area contributed by atoms with Crippen molar-refractivity contribution in [1.29, 1.82) is 0 Å². The van der Waals surface area contributed by atoms with Crippen molar-refractivity contribution in [3.8, 4) is 0 Å². The quantitative estimate of drug-likeness (QED) is 0.663. The van der Waals surface area contributed by atoms with Gasteiger partial charge in [-0.15, -0.1) is 0 Å². The van der Waals surface area contributed by atoms with Gasteiger partial charge in [-0.25, -0.2) is 0 Å². The molecule has 6 unspecified atom stereocenters.